The maximum atomic E-state index is 10.9. The number of hydrogen-bond acceptors (Lipinski definition) is 3. The summed E-state index contributed by atoms with van der Waals surface area (Å²) in [5.74, 6) is 0.395. The van der Waals surface area contributed by atoms with Crippen molar-refractivity contribution in [1.82, 2.24) is 4.90 Å². The van der Waals surface area contributed by atoms with E-state index < -0.39 is 11.5 Å². The summed E-state index contributed by atoms with van der Waals surface area (Å²) in [6, 6.07) is 0. The maximum absolute atomic E-state index is 10.9. The number of likely N-dealkylation sites (N-methyl/N-ethyl adjacent to an activating group) is 1. The van der Waals surface area contributed by atoms with E-state index >= 15 is 0 Å². The molecular weight excluding hydrogens is 198 g/mol. The van der Waals surface area contributed by atoms with Gasteiger partial charge in [0.1, 0.15) is 5.54 Å². The molecule has 0 aromatic carbocycles. The van der Waals surface area contributed by atoms with E-state index in [-0.39, 0.29) is 0 Å². The normalized spacial score (nSPS) is 12.1. The van der Waals surface area contributed by atoms with Crippen molar-refractivity contribution in [3.63, 3.8) is 0 Å². The van der Waals surface area contributed by atoms with Crippen LogP contribution in [0.25, 0.3) is 0 Å². The van der Waals surface area contributed by atoms with Crippen molar-refractivity contribution < 1.29 is 9.90 Å². The van der Waals surface area contributed by atoms with Gasteiger partial charge in [0.15, 0.2) is 0 Å². The molecule has 0 radical (unpaired) electrons. The van der Waals surface area contributed by atoms with Crippen LogP contribution >= 0.6 is 11.8 Å². The number of carboxylic acid groups (broad SMARTS) is 1. The van der Waals surface area contributed by atoms with Crippen LogP contribution < -0.4 is 0 Å². The molecule has 0 spiro atoms. The van der Waals surface area contributed by atoms with Gasteiger partial charge >= 0.3 is 5.97 Å². The average molecular weight is 219 g/mol. The number of unbranched alkanes of at least 4 members (excludes halogenated alkanes) is 1. The first-order chi connectivity index (χ1) is 6.42. The van der Waals surface area contributed by atoms with E-state index in [1.807, 2.05) is 23.7 Å². The molecule has 3 nitrogen and oxygen atoms in total. The van der Waals surface area contributed by atoms with Crippen LogP contribution in [0, 0.1) is 0 Å². The first kappa shape index (κ1) is 13.8. The molecule has 0 aromatic rings. The van der Waals surface area contributed by atoms with Gasteiger partial charge in [-0.3, -0.25) is 9.69 Å². The average Bonchev–Trinajstić information content (AvgIpc) is 2.11. The molecule has 1 N–H and O–H groups in total. The predicted octanol–water partition coefficient (Wildman–Crippen LogP) is 1.92. The molecule has 0 aliphatic carbocycles. The van der Waals surface area contributed by atoms with E-state index in [0.717, 1.165) is 25.1 Å². The maximum Gasteiger partial charge on any atom is 0.323 e. The van der Waals surface area contributed by atoms with Crippen LogP contribution in [0.1, 0.15) is 26.7 Å². The van der Waals surface area contributed by atoms with Gasteiger partial charge in [-0.05, 0) is 52.3 Å². The second-order valence-electron chi connectivity index (χ2n) is 3.99. The molecule has 0 saturated heterocycles. The summed E-state index contributed by atoms with van der Waals surface area (Å²) in [5, 5.41) is 8.97. The quantitative estimate of drug-likeness (QED) is 0.664. The van der Waals surface area contributed by atoms with Crippen molar-refractivity contribution in [2.24, 2.45) is 0 Å². The van der Waals surface area contributed by atoms with E-state index in [0.29, 0.717) is 0 Å². The Labute approximate surface area is 90.9 Å². The van der Waals surface area contributed by atoms with Gasteiger partial charge in [0.25, 0.3) is 0 Å². The Morgan fingerprint density at radius 1 is 1.43 bits per heavy atom. The topological polar surface area (TPSA) is 40.5 Å². The number of aliphatic carboxylic acids is 1. The number of carboxylic acids is 1. The summed E-state index contributed by atoms with van der Waals surface area (Å²) in [7, 11) is 1.87. The van der Waals surface area contributed by atoms with Gasteiger partial charge in [0, 0.05) is 0 Å². The zero-order chi connectivity index (χ0) is 11.2. The van der Waals surface area contributed by atoms with Crippen LogP contribution in [0.15, 0.2) is 0 Å². The second kappa shape index (κ2) is 6.30. The fourth-order valence-corrected chi connectivity index (χ4v) is 1.53. The predicted molar refractivity (Wildman–Crippen MR) is 62.0 cm³/mol. The summed E-state index contributed by atoms with van der Waals surface area (Å²) in [4.78, 5) is 12.8. The third-order valence-corrected chi connectivity index (χ3v) is 3.27. The molecule has 0 saturated carbocycles. The van der Waals surface area contributed by atoms with Crippen molar-refractivity contribution in [2.75, 3.05) is 25.6 Å². The Bertz CT molecular complexity index is 183. The summed E-state index contributed by atoms with van der Waals surface area (Å²) in [5.41, 5.74) is -0.751. The second-order valence-corrected chi connectivity index (χ2v) is 4.97. The summed E-state index contributed by atoms with van der Waals surface area (Å²) in [6.07, 6.45) is 4.31. The molecule has 0 heterocycles. The van der Waals surface area contributed by atoms with Crippen LogP contribution in [0.4, 0.5) is 0 Å². The third kappa shape index (κ3) is 4.33. The number of hydrogen-bond donors (Lipinski definition) is 1. The number of rotatable bonds is 7. The van der Waals surface area contributed by atoms with Gasteiger partial charge in [-0.15, -0.1) is 0 Å². The Hall–Kier alpha value is -0.220. The van der Waals surface area contributed by atoms with Gasteiger partial charge in [0.05, 0.1) is 0 Å². The van der Waals surface area contributed by atoms with Crippen molar-refractivity contribution in [3.8, 4) is 0 Å². The van der Waals surface area contributed by atoms with Crippen LogP contribution in [-0.2, 0) is 4.79 Å². The molecule has 4 heteroatoms. The summed E-state index contributed by atoms with van der Waals surface area (Å²) < 4.78 is 0. The Morgan fingerprint density at radius 2 is 2.00 bits per heavy atom. The van der Waals surface area contributed by atoms with Crippen LogP contribution in [0.5, 0.6) is 0 Å². The molecule has 0 fully saturated rings. The Morgan fingerprint density at radius 3 is 2.43 bits per heavy atom. The van der Waals surface area contributed by atoms with Crippen LogP contribution in [0.3, 0.4) is 0 Å². The molecule has 14 heavy (non-hydrogen) atoms. The first-order valence-electron chi connectivity index (χ1n) is 4.86. The van der Waals surface area contributed by atoms with Crippen molar-refractivity contribution >= 4 is 17.7 Å². The Kier molecular flexibility index (Phi) is 6.20. The zero-order valence-corrected chi connectivity index (χ0v) is 10.4. The molecule has 0 amide bonds. The first-order valence-corrected chi connectivity index (χ1v) is 6.26. The van der Waals surface area contributed by atoms with Gasteiger partial charge in [-0.25, -0.2) is 0 Å². The highest BCUT2D eigenvalue weighted by atomic mass is 32.2. The highest BCUT2D eigenvalue weighted by molar-refractivity contribution is 7.98. The monoisotopic (exact) mass is 219 g/mol. The summed E-state index contributed by atoms with van der Waals surface area (Å²) in [6.45, 7) is 4.33. The molecule has 0 rings (SSSR count). The van der Waals surface area contributed by atoms with Crippen molar-refractivity contribution in [2.45, 2.75) is 32.2 Å². The lowest BCUT2D eigenvalue weighted by Gasteiger charge is -2.31. The van der Waals surface area contributed by atoms with E-state index in [1.54, 1.807) is 13.8 Å². The highest BCUT2D eigenvalue weighted by Crippen LogP contribution is 2.13. The van der Waals surface area contributed by atoms with E-state index in [4.69, 9.17) is 5.11 Å². The molecule has 0 aliphatic heterocycles. The molecule has 0 bridgehead atoms. The molecule has 0 aromatic heterocycles. The van der Waals surface area contributed by atoms with Crippen molar-refractivity contribution in [3.05, 3.63) is 0 Å². The van der Waals surface area contributed by atoms with E-state index in [1.165, 1.54) is 0 Å². The van der Waals surface area contributed by atoms with E-state index in [9.17, 15) is 4.79 Å². The van der Waals surface area contributed by atoms with Crippen LogP contribution in [-0.4, -0.2) is 47.1 Å². The lowest BCUT2D eigenvalue weighted by Crippen LogP contribution is -2.48. The summed E-state index contributed by atoms with van der Waals surface area (Å²) >= 11 is 1.83. The molecule has 0 aliphatic rings. The van der Waals surface area contributed by atoms with Gasteiger partial charge < -0.3 is 5.11 Å². The zero-order valence-electron chi connectivity index (χ0n) is 9.54. The van der Waals surface area contributed by atoms with Gasteiger partial charge in [-0.2, -0.15) is 11.8 Å². The minimum atomic E-state index is -0.759. The highest BCUT2D eigenvalue weighted by Gasteiger charge is 2.31. The van der Waals surface area contributed by atoms with Gasteiger partial charge in [0.2, 0.25) is 0 Å². The lowest BCUT2D eigenvalue weighted by molar-refractivity contribution is -0.148. The smallest absolute Gasteiger partial charge is 0.323 e. The number of thioether (sulfide) groups is 1. The molecule has 84 valence electrons. The van der Waals surface area contributed by atoms with Crippen LogP contribution in [0.2, 0.25) is 0 Å². The fourth-order valence-electron chi connectivity index (χ4n) is 1.04. The number of nitrogens with zero attached hydrogens (tertiary/aromatic N) is 1. The number of carbonyl (C=O) groups is 1. The molecular formula is C10H21NO2S. The third-order valence-electron chi connectivity index (χ3n) is 2.57. The van der Waals surface area contributed by atoms with E-state index in [2.05, 4.69) is 6.26 Å². The Balaban J connectivity index is 3.83. The lowest BCUT2D eigenvalue weighted by atomic mass is 10.0. The molecule has 0 unspecified atom stereocenters. The minimum Gasteiger partial charge on any atom is -0.480 e. The fraction of sp³-hybridized carbons (Fsp3) is 0.900. The minimum absolute atomic E-state index is 0.751. The molecule has 0 atom stereocenters. The van der Waals surface area contributed by atoms with Gasteiger partial charge in [-0.1, -0.05) is 0 Å². The SMILES string of the molecule is CSCCCCN(C)C(C)(C)C(=O)O. The largest absolute Gasteiger partial charge is 0.480 e. The van der Waals surface area contributed by atoms with Crippen molar-refractivity contribution in [1.29, 1.82) is 0 Å². The standard InChI is InChI=1S/C10H21NO2S/c1-10(2,9(12)13)11(3)7-5-6-8-14-4/h5-8H2,1-4H3,(H,12,13).